The van der Waals surface area contributed by atoms with Crippen LogP contribution in [-0.2, 0) is 6.61 Å². The van der Waals surface area contributed by atoms with Crippen LogP contribution in [-0.4, -0.2) is 11.3 Å². The van der Waals surface area contributed by atoms with E-state index in [4.69, 9.17) is 9.84 Å². The Bertz CT molecular complexity index is 522. The van der Waals surface area contributed by atoms with Crippen molar-refractivity contribution in [3.8, 4) is 11.5 Å². The first-order valence-corrected chi connectivity index (χ1v) is 5.42. The zero-order valence-corrected chi connectivity index (χ0v) is 9.58. The summed E-state index contributed by atoms with van der Waals surface area (Å²) in [5, 5.41) is 8.60. The maximum atomic E-state index is 10.5. The Hall–Kier alpha value is -2.49. The minimum absolute atomic E-state index is 0.195. The first-order chi connectivity index (χ1) is 8.75. The van der Waals surface area contributed by atoms with Gasteiger partial charge in [-0.3, -0.25) is 0 Å². The van der Waals surface area contributed by atoms with Crippen LogP contribution in [0.5, 0.6) is 11.5 Å². The number of carboxylic acid groups (broad SMARTS) is 1. The van der Waals surface area contributed by atoms with E-state index < -0.39 is 6.16 Å². The second kappa shape index (κ2) is 5.72. The third-order valence-corrected chi connectivity index (χ3v) is 2.28. The first kappa shape index (κ1) is 12.0. The summed E-state index contributed by atoms with van der Waals surface area (Å²) in [6, 6.07) is 16.3. The predicted octanol–water partition coefficient (Wildman–Crippen LogP) is 3.32. The van der Waals surface area contributed by atoms with Crippen LogP contribution in [0.1, 0.15) is 5.56 Å². The van der Waals surface area contributed by atoms with Crippen molar-refractivity contribution in [2.45, 2.75) is 6.61 Å². The molecule has 0 atom stereocenters. The molecule has 1 N–H and O–H groups in total. The largest absolute Gasteiger partial charge is 0.511 e. The lowest BCUT2D eigenvalue weighted by Gasteiger charge is -2.09. The first-order valence-electron chi connectivity index (χ1n) is 5.42. The van der Waals surface area contributed by atoms with Crippen molar-refractivity contribution in [1.29, 1.82) is 0 Å². The summed E-state index contributed by atoms with van der Waals surface area (Å²) >= 11 is 0. The summed E-state index contributed by atoms with van der Waals surface area (Å²) < 4.78 is 10.2. The fraction of sp³-hybridized carbons (Fsp3) is 0.0714. The molecular weight excluding hydrogens is 232 g/mol. The molecule has 0 aliphatic rings. The van der Waals surface area contributed by atoms with E-state index in [9.17, 15) is 4.79 Å². The van der Waals surface area contributed by atoms with Crippen molar-refractivity contribution >= 4 is 6.16 Å². The van der Waals surface area contributed by atoms with Crippen LogP contribution in [0.25, 0.3) is 0 Å². The van der Waals surface area contributed by atoms with Gasteiger partial charge in [-0.25, -0.2) is 4.79 Å². The smallest absolute Gasteiger partial charge is 0.485 e. The van der Waals surface area contributed by atoms with E-state index >= 15 is 0 Å². The highest BCUT2D eigenvalue weighted by Gasteiger charge is 2.08. The van der Waals surface area contributed by atoms with E-state index in [0.29, 0.717) is 12.4 Å². The molecule has 0 saturated heterocycles. The molecule has 0 aromatic heterocycles. The summed E-state index contributed by atoms with van der Waals surface area (Å²) in [6.45, 7) is 0.362. The third kappa shape index (κ3) is 3.25. The quantitative estimate of drug-likeness (QED) is 0.662. The van der Waals surface area contributed by atoms with Gasteiger partial charge in [0.1, 0.15) is 6.61 Å². The lowest BCUT2D eigenvalue weighted by Crippen LogP contribution is -2.05. The highest BCUT2D eigenvalue weighted by Crippen LogP contribution is 2.27. The molecule has 0 aliphatic heterocycles. The average molecular weight is 244 g/mol. The fourth-order valence-corrected chi connectivity index (χ4v) is 1.48. The van der Waals surface area contributed by atoms with Gasteiger partial charge in [-0.05, 0) is 17.7 Å². The van der Waals surface area contributed by atoms with Crippen LogP contribution in [0.3, 0.4) is 0 Å². The topological polar surface area (TPSA) is 55.8 Å². The molecular formula is C14H12O4. The van der Waals surface area contributed by atoms with E-state index in [0.717, 1.165) is 5.56 Å². The summed E-state index contributed by atoms with van der Waals surface area (Å²) in [4.78, 5) is 10.5. The second-order valence-electron chi connectivity index (χ2n) is 3.59. The SMILES string of the molecule is O=C(O)Oc1ccccc1OCc1ccccc1. The lowest BCUT2D eigenvalue weighted by atomic mass is 10.2. The molecule has 2 aromatic carbocycles. The Kier molecular flexibility index (Phi) is 3.81. The van der Waals surface area contributed by atoms with Gasteiger partial charge in [0, 0.05) is 0 Å². The molecule has 0 amide bonds. The molecule has 0 unspecified atom stereocenters. The third-order valence-electron chi connectivity index (χ3n) is 2.28. The molecule has 0 saturated carbocycles. The fourth-order valence-electron chi connectivity index (χ4n) is 1.48. The molecule has 0 fully saturated rings. The van der Waals surface area contributed by atoms with Gasteiger partial charge >= 0.3 is 6.16 Å². The molecule has 4 heteroatoms. The van der Waals surface area contributed by atoms with Gasteiger partial charge < -0.3 is 14.6 Å². The van der Waals surface area contributed by atoms with Gasteiger partial charge in [-0.2, -0.15) is 0 Å². The van der Waals surface area contributed by atoms with Crippen molar-refractivity contribution in [3.63, 3.8) is 0 Å². The normalized spacial score (nSPS) is 9.78. The van der Waals surface area contributed by atoms with Gasteiger partial charge in [0.2, 0.25) is 0 Å². The van der Waals surface area contributed by atoms with Gasteiger partial charge in [0.15, 0.2) is 11.5 Å². The minimum atomic E-state index is -1.36. The summed E-state index contributed by atoms with van der Waals surface area (Å²) in [5.41, 5.74) is 1.00. The molecule has 0 radical (unpaired) electrons. The van der Waals surface area contributed by atoms with Gasteiger partial charge in [-0.15, -0.1) is 0 Å². The Morgan fingerprint density at radius 3 is 2.22 bits per heavy atom. The van der Waals surface area contributed by atoms with Crippen LogP contribution >= 0.6 is 0 Å². The van der Waals surface area contributed by atoms with Gasteiger partial charge in [0.25, 0.3) is 0 Å². The molecule has 2 aromatic rings. The molecule has 0 spiro atoms. The van der Waals surface area contributed by atoms with Crippen molar-refractivity contribution in [2.75, 3.05) is 0 Å². The van der Waals surface area contributed by atoms with Crippen LogP contribution < -0.4 is 9.47 Å². The van der Waals surface area contributed by atoms with Crippen LogP contribution in [0.15, 0.2) is 54.6 Å². The number of carbonyl (C=O) groups is 1. The molecule has 4 nitrogen and oxygen atoms in total. The maximum Gasteiger partial charge on any atom is 0.511 e. The van der Waals surface area contributed by atoms with Crippen LogP contribution in [0, 0.1) is 0 Å². The molecule has 0 heterocycles. The number of rotatable bonds is 4. The Morgan fingerprint density at radius 2 is 1.56 bits per heavy atom. The van der Waals surface area contributed by atoms with Crippen molar-refractivity contribution in [3.05, 3.63) is 60.2 Å². The van der Waals surface area contributed by atoms with E-state index in [1.165, 1.54) is 0 Å². The van der Waals surface area contributed by atoms with Crippen molar-refractivity contribution in [1.82, 2.24) is 0 Å². The predicted molar refractivity (Wildman–Crippen MR) is 65.9 cm³/mol. The number of para-hydroxylation sites is 2. The maximum absolute atomic E-state index is 10.5. The van der Waals surface area contributed by atoms with Gasteiger partial charge in [0.05, 0.1) is 0 Å². The molecule has 92 valence electrons. The highest BCUT2D eigenvalue weighted by atomic mass is 16.7. The van der Waals surface area contributed by atoms with Crippen LogP contribution in [0.2, 0.25) is 0 Å². The number of hydrogen-bond acceptors (Lipinski definition) is 3. The van der Waals surface area contributed by atoms with Gasteiger partial charge in [-0.1, -0.05) is 42.5 Å². The standard InChI is InChI=1S/C14H12O4/c15-14(16)18-13-9-5-4-8-12(13)17-10-11-6-2-1-3-7-11/h1-9H,10H2,(H,15,16). The molecule has 0 aliphatic carbocycles. The average Bonchev–Trinajstić information content (AvgIpc) is 2.38. The van der Waals surface area contributed by atoms with Crippen LogP contribution in [0.4, 0.5) is 4.79 Å². The van der Waals surface area contributed by atoms with E-state index in [-0.39, 0.29) is 5.75 Å². The lowest BCUT2D eigenvalue weighted by molar-refractivity contribution is 0.142. The number of ether oxygens (including phenoxy) is 2. The summed E-state index contributed by atoms with van der Waals surface area (Å²) in [5.74, 6) is 0.602. The molecule has 2 rings (SSSR count). The van der Waals surface area contributed by atoms with E-state index in [2.05, 4.69) is 4.74 Å². The summed E-state index contributed by atoms with van der Waals surface area (Å²) in [6.07, 6.45) is -1.36. The Labute approximate surface area is 104 Å². The number of hydrogen-bond donors (Lipinski definition) is 1. The zero-order valence-electron chi connectivity index (χ0n) is 9.58. The Morgan fingerprint density at radius 1 is 0.944 bits per heavy atom. The minimum Gasteiger partial charge on any atom is -0.485 e. The Balaban J connectivity index is 2.07. The van der Waals surface area contributed by atoms with E-state index in [1.807, 2.05) is 30.3 Å². The summed E-state index contributed by atoms with van der Waals surface area (Å²) in [7, 11) is 0. The zero-order chi connectivity index (χ0) is 12.8. The second-order valence-corrected chi connectivity index (χ2v) is 3.59. The van der Waals surface area contributed by atoms with Crippen molar-refractivity contribution in [2.24, 2.45) is 0 Å². The molecule has 0 bridgehead atoms. The monoisotopic (exact) mass is 244 g/mol. The molecule has 18 heavy (non-hydrogen) atoms. The number of benzene rings is 2. The highest BCUT2D eigenvalue weighted by molar-refractivity contribution is 5.62. The van der Waals surface area contributed by atoms with Crippen molar-refractivity contribution < 1.29 is 19.4 Å². The van der Waals surface area contributed by atoms with E-state index in [1.54, 1.807) is 24.3 Å².